The van der Waals surface area contributed by atoms with Crippen LogP contribution in [0.1, 0.15) is 17.7 Å². The molecule has 0 aliphatic rings. The molecule has 0 N–H and O–H groups in total. The van der Waals surface area contributed by atoms with Gasteiger partial charge in [-0.3, -0.25) is 0 Å². The molecule has 1 aromatic carbocycles. The molecule has 12 heavy (non-hydrogen) atoms. The molecular formula is C9H9NOS. The zero-order chi connectivity index (χ0) is 8.55. The third kappa shape index (κ3) is 1.20. The van der Waals surface area contributed by atoms with Gasteiger partial charge < -0.3 is 4.42 Å². The quantitative estimate of drug-likeness (QED) is 0.681. The fourth-order valence-electron chi connectivity index (χ4n) is 1.13. The Morgan fingerprint density at radius 3 is 3.08 bits per heavy atom. The Morgan fingerprint density at radius 2 is 2.33 bits per heavy atom. The second kappa shape index (κ2) is 2.83. The van der Waals surface area contributed by atoms with Gasteiger partial charge in [-0.25, -0.2) is 4.98 Å². The van der Waals surface area contributed by atoms with Gasteiger partial charge in [-0.15, -0.1) is 0 Å². The minimum Gasteiger partial charge on any atom is -0.443 e. The maximum Gasteiger partial charge on any atom is 0.181 e. The average molecular weight is 179 g/mol. The van der Waals surface area contributed by atoms with Crippen LogP contribution in [0.25, 0.3) is 11.1 Å². The molecule has 0 radical (unpaired) electrons. The summed E-state index contributed by atoms with van der Waals surface area (Å²) >= 11 is 4.33. The number of oxazole rings is 1. The molecule has 1 heterocycles. The summed E-state index contributed by atoms with van der Waals surface area (Å²) in [4.78, 5) is 4.03. The first kappa shape index (κ1) is 7.68. The monoisotopic (exact) mass is 179 g/mol. The normalized spacial score (nSPS) is 13.5. The Kier molecular flexibility index (Phi) is 1.81. The molecular weight excluding hydrogens is 170 g/mol. The zero-order valence-electron chi connectivity index (χ0n) is 6.69. The molecule has 0 aliphatic heterocycles. The van der Waals surface area contributed by atoms with E-state index in [2.05, 4.69) is 17.6 Å². The van der Waals surface area contributed by atoms with Crippen molar-refractivity contribution in [3.05, 3.63) is 30.2 Å². The summed E-state index contributed by atoms with van der Waals surface area (Å²) in [5.41, 5.74) is 2.88. The second-order valence-corrected chi connectivity index (χ2v) is 3.53. The number of thiol groups is 1. The van der Waals surface area contributed by atoms with Gasteiger partial charge in [0.05, 0.1) is 0 Å². The number of hydrogen-bond acceptors (Lipinski definition) is 3. The van der Waals surface area contributed by atoms with Crippen LogP contribution in [0, 0.1) is 0 Å². The van der Waals surface area contributed by atoms with Gasteiger partial charge in [0.25, 0.3) is 0 Å². The molecule has 0 bridgehead atoms. The highest BCUT2D eigenvalue weighted by Gasteiger charge is 2.02. The summed E-state index contributed by atoms with van der Waals surface area (Å²) < 4.78 is 5.16. The average Bonchev–Trinajstić information content (AvgIpc) is 2.49. The van der Waals surface area contributed by atoms with Crippen molar-refractivity contribution in [2.45, 2.75) is 12.2 Å². The Balaban J connectivity index is 2.60. The predicted octanol–water partition coefficient (Wildman–Crippen LogP) is 2.82. The summed E-state index contributed by atoms with van der Waals surface area (Å²) in [6.45, 7) is 2.03. The molecule has 0 saturated carbocycles. The molecule has 2 aromatic rings. The lowest BCUT2D eigenvalue weighted by Gasteiger charge is -2.01. The largest absolute Gasteiger partial charge is 0.443 e. The van der Waals surface area contributed by atoms with Crippen molar-refractivity contribution in [2.75, 3.05) is 0 Å². The second-order valence-electron chi connectivity index (χ2n) is 2.76. The van der Waals surface area contributed by atoms with Gasteiger partial charge in [0.15, 0.2) is 12.0 Å². The van der Waals surface area contributed by atoms with Crippen LogP contribution in [-0.2, 0) is 0 Å². The predicted molar refractivity (Wildman–Crippen MR) is 51.4 cm³/mol. The lowest BCUT2D eigenvalue weighted by molar-refractivity contribution is 0.601. The minimum atomic E-state index is 0.236. The van der Waals surface area contributed by atoms with Gasteiger partial charge in [0, 0.05) is 5.25 Å². The fraction of sp³-hybridized carbons (Fsp3) is 0.222. The number of aromatic nitrogens is 1. The number of benzene rings is 1. The summed E-state index contributed by atoms with van der Waals surface area (Å²) in [5.74, 6) is 0. The summed E-state index contributed by atoms with van der Waals surface area (Å²) in [6, 6.07) is 5.93. The first-order valence-corrected chi connectivity index (χ1v) is 4.30. The number of nitrogens with zero attached hydrogens (tertiary/aromatic N) is 1. The topological polar surface area (TPSA) is 26.0 Å². The van der Waals surface area contributed by atoms with Crippen LogP contribution in [0.4, 0.5) is 0 Å². The van der Waals surface area contributed by atoms with E-state index in [9.17, 15) is 0 Å². The smallest absolute Gasteiger partial charge is 0.181 e. The van der Waals surface area contributed by atoms with Crippen LogP contribution in [0.3, 0.4) is 0 Å². The van der Waals surface area contributed by atoms with Gasteiger partial charge in [-0.2, -0.15) is 12.6 Å². The standard InChI is InChI=1S/C9H9NOS/c1-6(12)7-2-3-8-9(4-7)11-5-10-8/h2-6,12H,1H3. The first-order chi connectivity index (χ1) is 5.77. The third-order valence-corrected chi connectivity index (χ3v) is 2.14. The van der Waals surface area contributed by atoms with Crippen molar-refractivity contribution in [1.29, 1.82) is 0 Å². The van der Waals surface area contributed by atoms with Gasteiger partial charge >= 0.3 is 0 Å². The highest BCUT2D eigenvalue weighted by atomic mass is 32.1. The molecule has 62 valence electrons. The van der Waals surface area contributed by atoms with E-state index in [1.54, 1.807) is 0 Å². The summed E-state index contributed by atoms with van der Waals surface area (Å²) in [5, 5.41) is 0.236. The summed E-state index contributed by atoms with van der Waals surface area (Å²) in [7, 11) is 0. The SMILES string of the molecule is CC(S)c1ccc2ncoc2c1. The van der Waals surface area contributed by atoms with Gasteiger partial charge in [-0.05, 0) is 24.6 Å². The molecule has 2 rings (SSSR count). The van der Waals surface area contributed by atoms with E-state index in [1.165, 1.54) is 6.39 Å². The molecule has 1 atom stereocenters. The van der Waals surface area contributed by atoms with Crippen LogP contribution in [0.2, 0.25) is 0 Å². The molecule has 1 unspecified atom stereocenters. The van der Waals surface area contributed by atoms with Crippen molar-refractivity contribution < 1.29 is 4.42 Å². The molecule has 2 nitrogen and oxygen atoms in total. The van der Waals surface area contributed by atoms with Crippen molar-refractivity contribution >= 4 is 23.7 Å². The molecule has 0 fully saturated rings. The summed E-state index contributed by atoms with van der Waals surface area (Å²) in [6.07, 6.45) is 1.46. The van der Waals surface area contributed by atoms with Gasteiger partial charge in [0.1, 0.15) is 5.52 Å². The molecule has 0 amide bonds. The van der Waals surface area contributed by atoms with Crippen LogP contribution in [0.5, 0.6) is 0 Å². The van der Waals surface area contributed by atoms with Gasteiger partial charge in [-0.1, -0.05) is 6.07 Å². The highest BCUT2D eigenvalue weighted by molar-refractivity contribution is 7.80. The van der Waals surface area contributed by atoms with Crippen molar-refractivity contribution in [2.24, 2.45) is 0 Å². The van der Waals surface area contributed by atoms with E-state index in [0.29, 0.717) is 0 Å². The Labute approximate surface area is 76.0 Å². The van der Waals surface area contributed by atoms with E-state index in [0.717, 1.165) is 16.7 Å². The Morgan fingerprint density at radius 1 is 1.50 bits per heavy atom. The minimum absolute atomic E-state index is 0.236. The van der Waals surface area contributed by atoms with E-state index in [-0.39, 0.29) is 5.25 Å². The molecule has 0 aliphatic carbocycles. The third-order valence-electron chi connectivity index (χ3n) is 1.84. The van der Waals surface area contributed by atoms with Crippen molar-refractivity contribution in [3.8, 4) is 0 Å². The van der Waals surface area contributed by atoms with Crippen molar-refractivity contribution in [3.63, 3.8) is 0 Å². The van der Waals surface area contributed by atoms with E-state index in [4.69, 9.17) is 4.42 Å². The molecule has 0 saturated heterocycles. The van der Waals surface area contributed by atoms with E-state index < -0.39 is 0 Å². The number of fused-ring (bicyclic) bond motifs is 1. The van der Waals surface area contributed by atoms with Crippen LogP contribution >= 0.6 is 12.6 Å². The van der Waals surface area contributed by atoms with E-state index in [1.807, 2.05) is 25.1 Å². The van der Waals surface area contributed by atoms with E-state index >= 15 is 0 Å². The Hall–Kier alpha value is -0.960. The Bertz CT molecular complexity index is 394. The first-order valence-electron chi connectivity index (χ1n) is 3.78. The maximum absolute atomic E-state index is 5.16. The number of hydrogen-bond donors (Lipinski definition) is 1. The fourth-order valence-corrected chi connectivity index (χ4v) is 1.29. The number of rotatable bonds is 1. The molecule has 1 aromatic heterocycles. The highest BCUT2D eigenvalue weighted by Crippen LogP contribution is 2.22. The van der Waals surface area contributed by atoms with Crippen LogP contribution < -0.4 is 0 Å². The molecule has 3 heteroatoms. The van der Waals surface area contributed by atoms with Crippen LogP contribution in [-0.4, -0.2) is 4.98 Å². The maximum atomic E-state index is 5.16. The van der Waals surface area contributed by atoms with Gasteiger partial charge in [0.2, 0.25) is 0 Å². The lowest BCUT2D eigenvalue weighted by Crippen LogP contribution is -1.82. The van der Waals surface area contributed by atoms with Crippen LogP contribution in [0.15, 0.2) is 29.0 Å². The lowest BCUT2D eigenvalue weighted by atomic mass is 10.1. The molecule has 0 spiro atoms. The van der Waals surface area contributed by atoms with Crippen molar-refractivity contribution in [1.82, 2.24) is 4.98 Å². The zero-order valence-corrected chi connectivity index (χ0v) is 7.58.